The van der Waals surface area contributed by atoms with E-state index < -0.39 is 0 Å². The van der Waals surface area contributed by atoms with Crippen LogP contribution >= 0.6 is 12.2 Å². The van der Waals surface area contributed by atoms with Crippen molar-refractivity contribution in [2.45, 2.75) is 90.0 Å². The number of likely N-dealkylation sites (N-methyl/N-ethyl adjacent to an activating group) is 1. The number of pyridine rings is 1. The van der Waals surface area contributed by atoms with Gasteiger partial charge in [0.15, 0.2) is 5.11 Å². The van der Waals surface area contributed by atoms with Crippen molar-refractivity contribution in [3.63, 3.8) is 0 Å². The van der Waals surface area contributed by atoms with Crippen LogP contribution in [-0.2, 0) is 6.54 Å². The molecule has 2 fully saturated rings. The molecule has 0 aliphatic carbocycles. The number of nitrogens with one attached hydrogen (secondary N) is 2. The number of likely N-dealkylation sites (tertiary alicyclic amines) is 1. The second-order valence-electron chi connectivity index (χ2n) is 10.1. The highest BCUT2D eigenvalue weighted by Crippen LogP contribution is 2.29. The number of thiocarbonyl (C=S) groups is 1. The monoisotopic (exact) mass is 417 g/mol. The molecule has 0 bridgehead atoms. The summed E-state index contributed by atoms with van der Waals surface area (Å²) in [5, 5.41) is 8.40. The Kier molecular flexibility index (Phi) is 7.18. The number of aromatic nitrogens is 1. The maximum absolute atomic E-state index is 5.98. The number of hydrogen-bond acceptors (Lipinski definition) is 4. The largest absolute Gasteiger partial charge is 0.360 e. The molecule has 2 aliphatic rings. The molecule has 1 unspecified atom stereocenters. The van der Waals surface area contributed by atoms with Crippen LogP contribution in [0.3, 0.4) is 0 Å². The summed E-state index contributed by atoms with van der Waals surface area (Å²) in [7, 11) is 0. The number of piperidine rings is 1. The van der Waals surface area contributed by atoms with E-state index >= 15 is 0 Å². The van der Waals surface area contributed by atoms with E-state index in [2.05, 4.69) is 72.2 Å². The first-order valence-electron chi connectivity index (χ1n) is 11.2. The fourth-order valence-electron chi connectivity index (χ4n) is 5.39. The minimum atomic E-state index is 0.107. The van der Waals surface area contributed by atoms with Gasteiger partial charge in [-0.1, -0.05) is 6.92 Å². The molecule has 2 N–H and O–H groups in total. The van der Waals surface area contributed by atoms with Gasteiger partial charge in [0, 0.05) is 48.6 Å². The molecule has 162 valence electrons. The minimum absolute atomic E-state index is 0.107. The molecule has 6 heteroatoms. The molecule has 2 saturated heterocycles. The second-order valence-corrected chi connectivity index (χ2v) is 10.5. The second kappa shape index (κ2) is 9.27. The van der Waals surface area contributed by atoms with Crippen molar-refractivity contribution in [2.75, 3.05) is 19.6 Å². The highest BCUT2D eigenvalue weighted by molar-refractivity contribution is 7.80. The van der Waals surface area contributed by atoms with Gasteiger partial charge in [-0.15, -0.1) is 0 Å². The molecule has 1 aromatic heterocycles. The lowest BCUT2D eigenvalue weighted by Gasteiger charge is -2.47. The van der Waals surface area contributed by atoms with Crippen molar-refractivity contribution in [1.29, 1.82) is 0 Å². The molecule has 3 rings (SSSR count). The molecule has 1 atom stereocenters. The van der Waals surface area contributed by atoms with Gasteiger partial charge in [-0.25, -0.2) is 0 Å². The fourth-order valence-corrected chi connectivity index (χ4v) is 5.70. The van der Waals surface area contributed by atoms with Crippen LogP contribution in [0.15, 0.2) is 24.5 Å². The molecule has 0 amide bonds. The van der Waals surface area contributed by atoms with Crippen LogP contribution in [0.2, 0.25) is 0 Å². The van der Waals surface area contributed by atoms with Crippen molar-refractivity contribution in [1.82, 2.24) is 25.4 Å². The molecule has 0 radical (unpaired) electrons. The van der Waals surface area contributed by atoms with E-state index in [9.17, 15) is 0 Å². The SMILES string of the molecule is CCN1CCCC1CN(Cc1ccncc1)C(=S)NC1CC(C)(C)NC(C)(C)C1. The van der Waals surface area contributed by atoms with Gasteiger partial charge in [0.05, 0.1) is 0 Å². The fraction of sp³-hybridized carbons (Fsp3) is 0.739. The Labute approximate surface area is 182 Å². The zero-order chi connectivity index (χ0) is 21.1. The first-order valence-corrected chi connectivity index (χ1v) is 11.6. The van der Waals surface area contributed by atoms with Gasteiger partial charge in [-0.05, 0) is 96.4 Å². The predicted octanol–water partition coefficient (Wildman–Crippen LogP) is 3.55. The van der Waals surface area contributed by atoms with E-state index in [-0.39, 0.29) is 11.1 Å². The smallest absolute Gasteiger partial charge is 0.169 e. The van der Waals surface area contributed by atoms with Gasteiger partial charge < -0.3 is 15.5 Å². The zero-order valence-corrected chi connectivity index (χ0v) is 19.7. The lowest BCUT2D eigenvalue weighted by atomic mass is 9.80. The third-order valence-corrected chi connectivity index (χ3v) is 6.64. The zero-order valence-electron chi connectivity index (χ0n) is 18.9. The maximum Gasteiger partial charge on any atom is 0.169 e. The Morgan fingerprint density at radius 3 is 2.52 bits per heavy atom. The van der Waals surface area contributed by atoms with Crippen LogP contribution in [-0.4, -0.2) is 62.7 Å². The summed E-state index contributed by atoms with van der Waals surface area (Å²) in [5.74, 6) is 0. The molecular weight excluding hydrogens is 378 g/mol. The van der Waals surface area contributed by atoms with Crippen LogP contribution in [0, 0.1) is 0 Å². The summed E-state index contributed by atoms with van der Waals surface area (Å²) in [6.07, 6.45) is 8.44. The van der Waals surface area contributed by atoms with Crippen LogP contribution < -0.4 is 10.6 Å². The third-order valence-electron chi connectivity index (χ3n) is 6.26. The normalized spacial score (nSPS) is 24.4. The molecule has 29 heavy (non-hydrogen) atoms. The maximum atomic E-state index is 5.98. The highest BCUT2D eigenvalue weighted by Gasteiger charge is 2.38. The topological polar surface area (TPSA) is 43.4 Å². The van der Waals surface area contributed by atoms with E-state index in [1.807, 2.05) is 12.4 Å². The van der Waals surface area contributed by atoms with Crippen LogP contribution in [0.5, 0.6) is 0 Å². The van der Waals surface area contributed by atoms with Gasteiger partial charge in [0.25, 0.3) is 0 Å². The molecule has 2 aliphatic heterocycles. The Hall–Kier alpha value is -1.24. The number of nitrogens with zero attached hydrogens (tertiary/aromatic N) is 3. The molecular formula is C23H39N5S. The first-order chi connectivity index (χ1) is 13.7. The van der Waals surface area contributed by atoms with Gasteiger partial charge in [0.2, 0.25) is 0 Å². The minimum Gasteiger partial charge on any atom is -0.360 e. The molecule has 5 nitrogen and oxygen atoms in total. The van der Waals surface area contributed by atoms with Crippen LogP contribution in [0.4, 0.5) is 0 Å². The average molecular weight is 418 g/mol. The van der Waals surface area contributed by atoms with Gasteiger partial charge in [0.1, 0.15) is 0 Å². The number of hydrogen-bond donors (Lipinski definition) is 2. The lowest BCUT2D eigenvalue weighted by Crippen LogP contribution is -2.63. The van der Waals surface area contributed by atoms with Crippen molar-refractivity contribution in [3.05, 3.63) is 30.1 Å². The third kappa shape index (κ3) is 6.37. The van der Waals surface area contributed by atoms with Crippen molar-refractivity contribution in [3.8, 4) is 0 Å². The Morgan fingerprint density at radius 1 is 1.24 bits per heavy atom. The lowest BCUT2D eigenvalue weighted by molar-refractivity contribution is 0.152. The Balaban J connectivity index is 1.71. The first kappa shape index (κ1) is 22.4. The molecule has 3 heterocycles. The molecule has 1 aromatic rings. The molecule has 0 aromatic carbocycles. The quantitative estimate of drug-likeness (QED) is 0.690. The van der Waals surface area contributed by atoms with Crippen LogP contribution in [0.25, 0.3) is 0 Å². The van der Waals surface area contributed by atoms with E-state index in [4.69, 9.17) is 12.2 Å². The van der Waals surface area contributed by atoms with E-state index in [0.717, 1.165) is 37.6 Å². The van der Waals surface area contributed by atoms with Crippen molar-refractivity contribution >= 4 is 17.3 Å². The summed E-state index contributed by atoms with van der Waals surface area (Å²) in [5.41, 5.74) is 1.47. The van der Waals surface area contributed by atoms with Crippen LogP contribution in [0.1, 0.15) is 65.9 Å². The summed E-state index contributed by atoms with van der Waals surface area (Å²) in [4.78, 5) is 9.15. The van der Waals surface area contributed by atoms with Gasteiger partial charge in [-0.2, -0.15) is 0 Å². The van der Waals surface area contributed by atoms with Crippen molar-refractivity contribution < 1.29 is 0 Å². The van der Waals surface area contributed by atoms with Crippen molar-refractivity contribution in [2.24, 2.45) is 0 Å². The molecule has 0 saturated carbocycles. The Bertz CT molecular complexity index is 659. The van der Waals surface area contributed by atoms with E-state index in [0.29, 0.717) is 12.1 Å². The summed E-state index contributed by atoms with van der Waals surface area (Å²) >= 11 is 5.98. The highest BCUT2D eigenvalue weighted by atomic mass is 32.1. The van der Waals surface area contributed by atoms with E-state index in [1.54, 1.807) is 0 Å². The summed E-state index contributed by atoms with van der Waals surface area (Å²) < 4.78 is 0. The molecule has 0 spiro atoms. The average Bonchev–Trinajstić information content (AvgIpc) is 3.06. The standard InChI is InChI=1S/C23H39N5S/c1-6-27-13-7-8-20(27)17-28(16-18-9-11-24-12-10-18)21(29)25-19-14-22(2,3)26-23(4,5)15-19/h9-12,19-20,26H,6-8,13-17H2,1-5H3,(H,25,29). The van der Waals surface area contributed by atoms with Gasteiger partial charge in [-0.3, -0.25) is 9.88 Å². The van der Waals surface area contributed by atoms with Gasteiger partial charge >= 0.3 is 0 Å². The Morgan fingerprint density at radius 2 is 1.90 bits per heavy atom. The summed E-state index contributed by atoms with van der Waals surface area (Å²) in [6, 6.07) is 5.17. The summed E-state index contributed by atoms with van der Waals surface area (Å²) in [6.45, 7) is 15.6. The van der Waals surface area contributed by atoms with E-state index in [1.165, 1.54) is 24.9 Å². The predicted molar refractivity (Wildman–Crippen MR) is 125 cm³/mol. The number of rotatable bonds is 6.